The molecule has 1 fully saturated rings. The molecular formula is C18H26FN3O3. The Morgan fingerprint density at radius 1 is 1.48 bits per heavy atom. The van der Waals surface area contributed by atoms with Crippen LogP contribution in [0.4, 0.5) is 4.39 Å². The number of carbonyl (C=O) groups excluding carboxylic acids is 2. The molecule has 0 spiro atoms. The van der Waals surface area contributed by atoms with Crippen LogP contribution in [-0.4, -0.2) is 55.1 Å². The molecule has 138 valence electrons. The number of ether oxygens (including phenoxy) is 1. The second kappa shape index (κ2) is 9.48. The monoisotopic (exact) mass is 351 g/mol. The van der Waals surface area contributed by atoms with Crippen molar-refractivity contribution in [2.75, 3.05) is 26.2 Å². The van der Waals surface area contributed by atoms with Crippen LogP contribution in [0.15, 0.2) is 24.3 Å². The molecule has 1 atom stereocenters. The van der Waals surface area contributed by atoms with Gasteiger partial charge in [0.25, 0.3) is 0 Å². The number of carbonyl (C=O) groups is 2. The van der Waals surface area contributed by atoms with E-state index in [1.165, 1.54) is 12.1 Å². The van der Waals surface area contributed by atoms with Crippen molar-refractivity contribution in [3.8, 4) is 0 Å². The van der Waals surface area contributed by atoms with Crippen LogP contribution in [-0.2, 0) is 20.9 Å². The van der Waals surface area contributed by atoms with Crippen LogP contribution < -0.4 is 10.6 Å². The van der Waals surface area contributed by atoms with Gasteiger partial charge in [0.05, 0.1) is 25.2 Å². The van der Waals surface area contributed by atoms with E-state index in [1.54, 1.807) is 6.07 Å². The standard InChI is InChI=1S/C18H26FN3O3/c1-13(2)25-9-7-20-17(23)11-16-18(24)21-6-8-22(16)12-14-4-3-5-15(19)10-14/h3-5,10,13,16H,6-9,11-12H2,1-2H3,(H,20,23)(H,21,24). The molecule has 1 aliphatic heterocycles. The zero-order valence-corrected chi connectivity index (χ0v) is 14.8. The maximum absolute atomic E-state index is 13.4. The van der Waals surface area contributed by atoms with E-state index in [0.29, 0.717) is 32.8 Å². The lowest BCUT2D eigenvalue weighted by Crippen LogP contribution is -2.56. The van der Waals surface area contributed by atoms with Gasteiger partial charge in [0.1, 0.15) is 5.82 Å². The molecule has 0 aromatic heterocycles. The second-order valence-electron chi connectivity index (χ2n) is 6.38. The third-order valence-electron chi connectivity index (χ3n) is 3.97. The number of hydrogen-bond acceptors (Lipinski definition) is 4. The fraction of sp³-hybridized carbons (Fsp3) is 0.556. The van der Waals surface area contributed by atoms with Gasteiger partial charge >= 0.3 is 0 Å². The molecule has 2 N–H and O–H groups in total. The molecule has 0 radical (unpaired) electrons. The zero-order valence-electron chi connectivity index (χ0n) is 14.8. The van der Waals surface area contributed by atoms with Crippen molar-refractivity contribution >= 4 is 11.8 Å². The molecule has 0 aliphatic carbocycles. The molecule has 1 unspecified atom stereocenters. The van der Waals surface area contributed by atoms with Crippen molar-refractivity contribution in [2.24, 2.45) is 0 Å². The van der Waals surface area contributed by atoms with E-state index in [-0.39, 0.29) is 30.2 Å². The van der Waals surface area contributed by atoms with Crippen molar-refractivity contribution in [1.29, 1.82) is 0 Å². The zero-order chi connectivity index (χ0) is 18.2. The van der Waals surface area contributed by atoms with Crippen LogP contribution in [0.3, 0.4) is 0 Å². The lowest BCUT2D eigenvalue weighted by molar-refractivity contribution is -0.134. The summed E-state index contributed by atoms with van der Waals surface area (Å²) >= 11 is 0. The SMILES string of the molecule is CC(C)OCCNC(=O)CC1C(=O)NCCN1Cc1cccc(F)c1. The first-order chi connectivity index (χ1) is 12.0. The highest BCUT2D eigenvalue weighted by atomic mass is 19.1. The summed E-state index contributed by atoms with van der Waals surface area (Å²) in [5.74, 6) is -0.673. The van der Waals surface area contributed by atoms with Crippen LogP contribution in [0.25, 0.3) is 0 Å². The normalized spacial score (nSPS) is 18.2. The van der Waals surface area contributed by atoms with Gasteiger partial charge in [-0.25, -0.2) is 4.39 Å². The number of benzene rings is 1. The Labute approximate surface area is 147 Å². The summed E-state index contributed by atoms with van der Waals surface area (Å²) in [7, 11) is 0. The number of piperazine rings is 1. The highest BCUT2D eigenvalue weighted by Gasteiger charge is 2.31. The van der Waals surface area contributed by atoms with Crippen molar-refractivity contribution in [1.82, 2.24) is 15.5 Å². The average molecular weight is 351 g/mol. The minimum absolute atomic E-state index is 0.0722. The molecule has 1 heterocycles. The lowest BCUT2D eigenvalue weighted by Gasteiger charge is -2.34. The molecule has 1 saturated heterocycles. The fourth-order valence-electron chi connectivity index (χ4n) is 2.78. The number of amides is 2. The van der Waals surface area contributed by atoms with Gasteiger partial charge < -0.3 is 15.4 Å². The Morgan fingerprint density at radius 3 is 3.00 bits per heavy atom. The van der Waals surface area contributed by atoms with Crippen molar-refractivity contribution in [3.05, 3.63) is 35.6 Å². The summed E-state index contributed by atoms with van der Waals surface area (Å²) < 4.78 is 18.7. The molecular weight excluding hydrogens is 325 g/mol. The van der Waals surface area contributed by atoms with Crippen molar-refractivity contribution < 1.29 is 18.7 Å². The summed E-state index contributed by atoms with van der Waals surface area (Å²) in [5.41, 5.74) is 0.783. The highest BCUT2D eigenvalue weighted by molar-refractivity contribution is 5.88. The quantitative estimate of drug-likeness (QED) is 0.687. The third-order valence-corrected chi connectivity index (χ3v) is 3.97. The van der Waals surface area contributed by atoms with Gasteiger partial charge in [-0.2, -0.15) is 0 Å². The minimum atomic E-state index is -0.553. The van der Waals surface area contributed by atoms with Gasteiger partial charge in [-0.1, -0.05) is 12.1 Å². The minimum Gasteiger partial charge on any atom is -0.377 e. The number of nitrogens with zero attached hydrogens (tertiary/aromatic N) is 1. The molecule has 6 nitrogen and oxygen atoms in total. The van der Waals surface area contributed by atoms with Crippen LogP contribution in [0, 0.1) is 5.82 Å². The highest BCUT2D eigenvalue weighted by Crippen LogP contribution is 2.14. The number of halogens is 1. The first-order valence-electron chi connectivity index (χ1n) is 8.60. The molecule has 1 aromatic carbocycles. The van der Waals surface area contributed by atoms with E-state index < -0.39 is 6.04 Å². The van der Waals surface area contributed by atoms with Gasteiger partial charge in [-0.15, -0.1) is 0 Å². The molecule has 0 saturated carbocycles. The summed E-state index contributed by atoms with van der Waals surface area (Å²) in [4.78, 5) is 26.2. The molecule has 25 heavy (non-hydrogen) atoms. The maximum Gasteiger partial charge on any atom is 0.237 e. The Balaban J connectivity index is 1.90. The van der Waals surface area contributed by atoms with Gasteiger partial charge in [-0.3, -0.25) is 14.5 Å². The predicted molar refractivity (Wildman–Crippen MR) is 92.3 cm³/mol. The Bertz CT molecular complexity index is 595. The summed E-state index contributed by atoms with van der Waals surface area (Å²) in [6, 6.07) is 5.74. The third kappa shape index (κ3) is 6.43. The van der Waals surface area contributed by atoms with Crippen LogP contribution in [0.2, 0.25) is 0 Å². The van der Waals surface area contributed by atoms with E-state index in [1.807, 2.05) is 24.8 Å². The van der Waals surface area contributed by atoms with E-state index >= 15 is 0 Å². The lowest BCUT2D eigenvalue weighted by atomic mass is 10.1. The van der Waals surface area contributed by atoms with E-state index in [9.17, 15) is 14.0 Å². The first kappa shape index (κ1) is 19.3. The van der Waals surface area contributed by atoms with Crippen LogP contribution >= 0.6 is 0 Å². The predicted octanol–water partition coefficient (Wildman–Crippen LogP) is 1.06. The molecule has 1 aromatic rings. The smallest absolute Gasteiger partial charge is 0.237 e. The average Bonchev–Trinajstić information content (AvgIpc) is 2.55. The molecule has 2 amide bonds. The van der Waals surface area contributed by atoms with Gasteiger partial charge in [0, 0.05) is 26.2 Å². The molecule has 2 rings (SSSR count). The number of hydrogen-bond donors (Lipinski definition) is 2. The van der Waals surface area contributed by atoms with Crippen LogP contribution in [0.5, 0.6) is 0 Å². The summed E-state index contributed by atoms with van der Waals surface area (Å²) in [6.45, 7) is 6.28. The molecule has 0 bridgehead atoms. The van der Waals surface area contributed by atoms with E-state index in [2.05, 4.69) is 10.6 Å². The summed E-state index contributed by atoms with van der Waals surface area (Å²) in [5, 5.41) is 5.56. The summed E-state index contributed by atoms with van der Waals surface area (Å²) in [6.07, 6.45) is 0.186. The largest absolute Gasteiger partial charge is 0.377 e. The van der Waals surface area contributed by atoms with Gasteiger partial charge in [0.2, 0.25) is 11.8 Å². The van der Waals surface area contributed by atoms with Gasteiger partial charge in [0.15, 0.2) is 0 Å². The molecule has 1 aliphatic rings. The fourth-order valence-corrected chi connectivity index (χ4v) is 2.78. The Morgan fingerprint density at radius 2 is 2.28 bits per heavy atom. The topological polar surface area (TPSA) is 70.7 Å². The van der Waals surface area contributed by atoms with E-state index in [0.717, 1.165) is 5.56 Å². The second-order valence-corrected chi connectivity index (χ2v) is 6.38. The van der Waals surface area contributed by atoms with E-state index in [4.69, 9.17) is 4.74 Å². The Hall–Kier alpha value is -1.99. The van der Waals surface area contributed by atoms with Crippen molar-refractivity contribution in [3.63, 3.8) is 0 Å². The first-order valence-corrected chi connectivity index (χ1v) is 8.60. The number of nitrogens with one attached hydrogen (secondary N) is 2. The van der Waals surface area contributed by atoms with Gasteiger partial charge in [-0.05, 0) is 31.5 Å². The van der Waals surface area contributed by atoms with Crippen LogP contribution in [0.1, 0.15) is 25.8 Å². The van der Waals surface area contributed by atoms with Crippen molar-refractivity contribution in [2.45, 2.75) is 39.0 Å². The number of rotatable bonds is 8. The molecule has 7 heteroatoms. The maximum atomic E-state index is 13.4. The Kier molecular flexibility index (Phi) is 7.33.